The van der Waals surface area contributed by atoms with Gasteiger partial charge in [-0.1, -0.05) is 6.92 Å². The number of hydrogen-bond acceptors (Lipinski definition) is 3. The zero-order valence-electron chi connectivity index (χ0n) is 9.82. The number of likely N-dealkylation sites (tertiary alicyclic amines) is 1. The van der Waals surface area contributed by atoms with Gasteiger partial charge in [0.2, 0.25) is 11.8 Å². The fourth-order valence-corrected chi connectivity index (χ4v) is 2.01. The lowest BCUT2D eigenvalue weighted by Crippen LogP contribution is -2.51. The van der Waals surface area contributed by atoms with Crippen LogP contribution in [0.5, 0.6) is 0 Å². The number of primary amides is 1. The van der Waals surface area contributed by atoms with Crippen LogP contribution in [0.4, 0.5) is 0 Å². The van der Waals surface area contributed by atoms with Crippen LogP contribution in [0.3, 0.4) is 0 Å². The summed E-state index contributed by atoms with van der Waals surface area (Å²) in [5, 5.41) is 0. The molecule has 5 heteroatoms. The second-order valence-corrected chi connectivity index (χ2v) is 4.37. The molecule has 92 valence electrons. The van der Waals surface area contributed by atoms with Gasteiger partial charge in [0, 0.05) is 19.0 Å². The zero-order valence-corrected chi connectivity index (χ0v) is 9.82. The molecule has 1 saturated heterocycles. The molecule has 0 aromatic heterocycles. The van der Waals surface area contributed by atoms with Crippen molar-refractivity contribution in [2.75, 3.05) is 6.54 Å². The summed E-state index contributed by atoms with van der Waals surface area (Å²) >= 11 is 0. The molecule has 16 heavy (non-hydrogen) atoms. The second kappa shape index (κ2) is 5.84. The third-order valence-corrected chi connectivity index (χ3v) is 3.11. The van der Waals surface area contributed by atoms with Crippen molar-refractivity contribution in [2.45, 2.75) is 51.1 Å². The summed E-state index contributed by atoms with van der Waals surface area (Å²) in [6.07, 6.45) is 3.65. The van der Waals surface area contributed by atoms with Crippen LogP contribution in [0.1, 0.15) is 39.0 Å². The molecule has 1 aliphatic rings. The van der Waals surface area contributed by atoms with Crippen molar-refractivity contribution in [1.29, 1.82) is 0 Å². The van der Waals surface area contributed by atoms with Crippen LogP contribution in [-0.2, 0) is 9.59 Å². The average Bonchev–Trinajstić information content (AvgIpc) is 2.28. The van der Waals surface area contributed by atoms with E-state index in [4.69, 9.17) is 11.5 Å². The van der Waals surface area contributed by atoms with Gasteiger partial charge in [-0.15, -0.1) is 0 Å². The summed E-state index contributed by atoms with van der Waals surface area (Å²) in [6.45, 7) is 2.57. The third kappa shape index (κ3) is 3.20. The predicted octanol–water partition coefficient (Wildman–Crippen LogP) is -0.0198. The standard InChI is InChI=1S/C11H21N3O2/c1-2-8(12)7-10(15)14-6-4-3-5-9(14)11(13)16/h8-9H,2-7,12H2,1H3,(H2,13,16). The Labute approximate surface area is 96.1 Å². The van der Waals surface area contributed by atoms with Gasteiger partial charge in [-0.2, -0.15) is 0 Å². The number of nitrogens with two attached hydrogens (primary N) is 2. The van der Waals surface area contributed by atoms with Crippen LogP contribution in [0.15, 0.2) is 0 Å². The summed E-state index contributed by atoms with van der Waals surface area (Å²) in [5.41, 5.74) is 11.0. The molecular weight excluding hydrogens is 206 g/mol. The first-order valence-corrected chi connectivity index (χ1v) is 5.90. The van der Waals surface area contributed by atoms with Crippen molar-refractivity contribution in [3.8, 4) is 0 Å². The van der Waals surface area contributed by atoms with Crippen LogP contribution >= 0.6 is 0 Å². The molecule has 0 aromatic rings. The normalized spacial score (nSPS) is 22.9. The molecule has 2 atom stereocenters. The lowest BCUT2D eigenvalue weighted by molar-refractivity contribution is -0.141. The number of rotatable bonds is 4. The number of carbonyl (C=O) groups is 2. The Bertz CT molecular complexity index is 268. The third-order valence-electron chi connectivity index (χ3n) is 3.11. The summed E-state index contributed by atoms with van der Waals surface area (Å²) < 4.78 is 0. The Morgan fingerprint density at radius 2 is 2.12 bits per heavy atom. The molecule has 1 rings (SSSR count). The highest BCUT2D eigenvalue weighted by atomic mass is 16.2. The monoisotopic (exact) mass is 227 g/mol. The van der Waals surface area contributed by atoms with Crippen molar-refractivity contribution in [2.24, 2.45) is 11.5 Å². The molecule has 1 heterocycles. The lowest BCUT2D eigenvalue weighted by Gasteiger charge is -2.34. The highest BCUT2D eigenvalue weighted by Crippen LogP contribution is 2.18. The van der Waals surface area contributed by atoms with Crippen molar-refractivity contribution >= 4 is 11.8 Å². The molecule has 2 amide bonds. The van der Waals surface area contributed by atoms with Crippen LogP contribution in [-0.4, -0.2) is 35.3 Å². The second-order valence-electron chi connectivity index (χ2n) is 4.37. The molecule has 0 aromatic carbocycles. The smallest absolute Gasteiger partial charge is 0.240 e. The van der Waals surface area contributed by atoms with E-state index in [0.29, 0.717) is 19.4 Å². The van der Waals surface area contributed by atoms with Crippen LogP contribution in [0.2, 0.25) is 0 Å². The number of carbonyl (C=O) groups excluding carboxylic acids is 2. The summed E-state index contributed by atoms with van der Waals surface area (Å²) in [7, 11) is 0. The van der Waals surface area contributed by atoms with Gasteiger partial charge in [-0.3, -0.25) is 9.59 Å². The Kier molecular flexibility index (Phi) is 4.73. The molecule has 1 fully saturated rings. The van der Waals surface area contributed by atoms with Gasteiger partial charge in [0.15, 0.2) is 0 Å². The maximum Gasteiger partial charge on any atom is 0.240 e. The van der Waals surface area contributed by atoms with Gasteiger partial charge >= 0.3 is 0 Å². The maximum absolute atomic E-state index is 11.9. The minimum absolute atomic E-state index is 0.0437. The minimum atomic E-state index is -0.426. The Morgan fingerprint density at radius 1 is 1.44 bits per heavy atom. The lowest BCUT2D eigenvalue weighted by atomic mass is 10.00. The number of nitrogens with zero attached hydrogens (tertiary/aromatic N) is 1. The highest BCUT2D eigenvalue weighted by molar-refractivity contribution is 5.87. The molecule has 0 spiro atoms. The van der Waals surface area contributed by atoms with Gasteiger partial charge in [-0.25, -0.2) is 0 Å². The predicted molar refractivity (Wildman–Crippen MR) is 61.4 cm³/mol. The van der Waals surface area contributed by atoms with E-state index in [1.165, 1.54) is 0 Å². The largest absolute Gasteiger partial charge is 0.368 e. The van der Waals surface area contributed by atoms with Gasteiger partial charge in [-0.05, 0) is 25.7 Å². The van der Waals surface area contributed by atoms with E-state index >= 15 is 0 Å². The van der Waals surface area contributed by atoms with Gasteiger partial charge in [0.1, 0.15) is 6.04 Å². The van der Waals surface area contributed by atoms with Crippen LogP contribution in [0.25, 0.3) is 0 Å². The van der Waals surface area contributed by atoms with E-state index in [1.807, 2.05) is 6.92 Å². The summed E-state index contributed by atoms with van der Waals surface area (Å²) in [4.78, 5) is 24.7. The highest BCUT2D eigenvalue weighted by Gasteiger charge is 2.30. The molecule has 0 saturated carbocycles. The van der Waals surface area contributed by atoms with E-state index in [-0.39, 0.29) is 11.9 Å². The quantitative estimate of drug-likeness (QED) is 0.707. The van der Waals surface area contributed by atoms with Crippen LogP contribution < -0.4 is 11.5 Å². The van der Waals surface area contributed by atoms with Gasteiger partial charge in [0.05, 0.1) is 0 Å². The number of hydrogen-bond donors (Lipinski definition) is 2. The Hall–Kier alpha value is -1.10. The first-order valence-electron chi connectivity index (χ1n) is 5.90. The fourth-order valence-electron chi connectivity index (χ4n) is 2.01. The first-order chi connectivity index (χ1) is 7.56. The van der Waals surface area contributed by atoms with Crippen molar-refractivity contribution in [1.82, 2.24) is 4.90 Å². The molecule has 0 bridgehead atoms. The van der Waals surface area contributed by atoms with Gasteiger partial charge < -0.3 is 16.4 Å². The van der Waals surface area contributed by atoms with Crippen molar-refractivity contribution in [3.63, 3.8) is 0 Å². The van der Waals surface area contributed by atoms with Crippen molar-refractivity contribution in [3.05, 3.63) is 0 Å². The topological polar surface area (TPSA) is 89.4 Å². The molecular formula is C11H21N3O2. The van der Waals surface area contributed by atoms with Crippen LogP contribution in [0, 0.1) is 0 Å². The molecule has 1 aliphatic heterocycles. The van der Waals surface area contributed by atoms with E-state index in [9.17, 15) is 9.59 Å². The Balaban J connectivity index is 2.60. The first kappa shape index (κ1) is 13.0. The summed E-state index contributed by atoms with van der Waals surface area (Å²) in [6, 6.07) is -0.548. The number of piperidine rings is 1. The zero-order chi connectivity index (χ0) is 12.1. The maximum atomic E-state index is 11.9. The van der Waals surface area contributed by atoms with E-state index < -0.39 is 11.9 Å². The average molecular weight is 227 g/mol. The minimum Gasteiger partial charge on any atom is -0.368 e. The molecule has 0 radical (unpaired) electrons. The molecule has 0 aliphatic carbocycles. The summed E-state index contributed by atoms with van der Waals surface area (Å²) in [5.74, 6) is -0.448. The van der Waals surface area contributed by atoms with E-state index in [2.05, 4.69) is 0 Å². The van der Waals surface area contributed by atoms with Gasteiger partial charge in [0.25, 0.3) is 0 Å². The molecule has 2 unspecified atom stereocenters. The van der Waals surface area contributed by atoms with Crippen molar-refractivity contribution < 1.29 is 9.59 Å². The van der Waals surface area contributed by atoms with E-state index in [0.717, 1.165) is 19.3 Å². The van der Waals surface area contributed by atoms with E-state index in [1.54, 1.807) is 4.90 Å². The Morgan fingerprint density at radius 3 is 2.69 bits per heavy atom. The molecule has 4 N–H and O–H groups in total. The number of amides is 2. The fraction of sp³-hybridized carbons (Fsp3) is 0.818. The molecule has 5 nitrogen and oxygen atoms in total. The SMILES string of the molecule is CCC(N)CC(=O)N1CCCCC1C(N)=O.